The van der Waals surface area contributed by atoms with Crippen molar-refractivity contribution in [1.29, 1.82) is 0 Å². The highest BCUT2D eigenvalue weighted by molar-refractivity contribution is 6.08. The van der Waals surface area contributed by atoms with E-state index in [0.29, 0.717) is 29.4 Å². The summed E-state index contributed by atoms with van der Waals surface area (Å²) in [6.45, 7) is 9.73. The van der Waals surface area contributed by atoms with Crippen molar-refractivity contribution in [3.63, 3.8) is 0 Å². The molecule has 0 spiro atoms. The molecule has 4 aromatic rings. The number of methoxy groups -OCH3 is 2. The van der Waals surface area contributed by atoms with Crippen molar-refractivity contribution < 1.29 is 42.9 Å². The van der Waals surface area contributed by atoms with Crippen LogP contribution in [0.15, 0.2) is 84.9 Å². The Morgan fingerprint density at radius 2 is 1.16 bits per heavy atom. The summed E-state index contributed by atoms with van der Waals surface area (Å²) < 4.78 is 27.6. The van der Waals surface area contributed by atoms with Gasteiger partial charge in [-0.05, 0) is 86.8 Å². The molecule has 51 heavy (non-hydrogen) atoms. The fourth-order valence-electron chi connectivity index (χ4n) is 4.61. The maximum atomic E-state index is 13.6. The molecule has 0 aliphatic heterocycles. The highest BCUT2D eigenvalue weighted by Gasteiger charge is 2.20. The third kappa shape index (κ3) is 11.0. The summed E-state index contributed by atoms with van der Waals surface area (Å²) in [7, 11) is 2.71. The molecule has 0 aliphatic carbocycles. The Balaban J connectivity index is 1.59. The average molecular weight is 698 g/mol. The molecule has 12 heteroatoms. The van der Waals surface area contributed by atoms with E-state index in [0.717, 1.165) is 5.56 Å². The Hall–Kier alpha value is -6.04. The van der Waals surface area contributed by atoms with Gasteiger partial charge in [0.2, 0.25) is 0 Å². The van der Waals surface area contributed by atoms with E-state index in [4.69, 9.17) is 23.7 Å². The predicted molar refractivity (Wildman–Crippen MR) is 194 cm³/mol. The maximum absolute atomic E-state index is 13.6. The Labute approximate surface area is 297 Å². The summed E-state index contributed by atoms with van der Waals surface area (Å²) >= 11 is 0. The molecule has 0 saturated carbocycles. The van der Waals surface area contributed by atoms with Crippen LogP contribution in [-0.4, -0.2) is 50.3 Å². The number of rotatable bonds is 13. The molecule has 0 aliphatic rings. The van der Waals surface area contributed by atoms with Crippen molar-refractivity contribution in [2.75, 3.05) is 36.8 Å². The number of ether oxygens (including phenoxy) is 5. The fourth-order valence-corrected chi connectivity index (χ4v) is 4.61. The van der Waals surface area contributed by atoms with E-state index in [1.165, 1.54) is 50.6 Å². The van der Waals surface area contributed by atoms with Gasteiger partial charge in [0, 0.05) is 11.1 Å². The normalized spacial score (nSPS) is 10.9. The van der Waals surface area contributed by atoms with Crippen molar-refractivity contribution >= 4 is 40.9 Å². The second-order valence-corrected chi connectivity index (χ2v) is 12.8. The Morgan fingerprint density at radius 1 is 0.647 bits per heavy atom. The largest absolute Gasteiger partial charge is 0.495 e. The minimum Gasteiger partial charge on any atom is -0.495 e. The Kier molecular flexibility index (Phi) is 12.6. The third-order valence-corrected chi connectivity index (χ3v) is 7.05. The number of carbonyl (C=O) groups excluding carboxylic acids is 4. The summed E-state index contributed by atoms with van der Waals surface area (Å²) in [5, 5.41) is 8.34. The van der Waals surface area contributed by atoms with Gasteiger partial charge in [0.05, 0.1) is 43.5 Å². The molecule has 4 aromatic carbocycles. The molecule has 12 nitrogen and oxygen atoms in total. The monoisotopic (exact) mass is 697 g/mol. The first-order valence-electron chi connectivity index (χ1n) is 16.2. The average Bonchev–Trinajstić information content (AvgIpc) is 3.09. The van der Waals surface area contributed by atoms with E-state index in [-0.39, 0.29) is 40.7 Å². The number of hydrogen-bond donors (Lipinski definition) is 3. The summed E-state index contributed by atoms with van der Waals surface area (Å²) in [6, 6.07) is 23.3. The molecule has 0 bridgehead atoms. The van der Waals surface area contributed by atoms with Crippen molar-refractivity contribution in [1.82, 2.24) is 0 Å². The minimum absolute atomic E-state index is 0.163. The van der Waals surface area contributed by atoms with Crippen molar-refractivity contribution in [2.24, 2.45) is 5.92 Å². The van der Waals surface area contributed by atoms with Crippen LogP contribution in [0.4, 0.5) is 21.9 Å². The molecular weight excluding hydrogens is 654 g/mol. The van der Waals surface area contributed by atoms with Gasteiger partial charge in [-0.25, -0.2) is 9.59 Å². The lowest BCUT2D eigenvalue weighted by molar-refractivity contribution is 0.0597. The van der Waals surface area contributed by atoms with Crippen molar-refractivity contribution in [2.45, 2.75) is 46.8 Å². The third-order valence-electron chi connectivity index (χ3n) is 7.05. The molecule has 0 atom stereocenters. The van der Waals surface area contributed by atoms with Crippen LogP contribution in [0.5, 0.6) is 17.2 Å². The number of amides is 3. The molecular formula is C39H43N3O9. The number of hydrogen-bond acceptors (Lipinski definition) is 9. The van der Waals surface area contributed by atoms with E-state index in [2.05, 4.69) is 16.0 Å². The van der Waals surface area contributed by atoms with Gasteiger partial charge in [-0.2, -0.15) is 0 Å². The molecule has 0 aromatic heterocycles. The second-order valence-electron chi connectivity index (χ2n) is 12.8. The van der Waals surface area contributed by atoms with Crippen LogP contribution in [0.2, 0.25) is 0 Å². The topological polar surface area (TPSA) is 151 Å². The lowest BCUT2D eigenvalue weighted by atomic mass is 10.1. The quantitative estimate of drug-likeness (QED) is 0.118. The molecule has 0 saturated heterocycles. The van der Waals surface area contributed by atoms with Gasteiger partial charge in [-0.1, -0.05) is 44.2 Å². The van der Waals surface area contributed by atoms with E-state index in [1.54, 1.807) is 39.0 Å². The van der Waals surface area contributed by atoms with E-state index >= 15 is 0 Å². The van der Waals surface area contributed by atoms with Crippen LogP contribution in [0.1, 0.15) is 71.3 Å². The lowest BCUT2D eigenvalue weighted by Crippen LogP contribution is -2.27. The first-order valence-corrected chi connectivity index (χ1v) is 16.2. The minimum atomic E-state index is -0.699. The first kappa shape index (κ1) is 37.8. The summed E-state index contributed by atoms with van der Waals surface area (Å²) in [5.41, 5.74) is 1.92. The molecule has 4 rings (SSSR count). The van der Waals surface area contributed by atoms with Gasteiger partial charge in [0.1, 0.15) is 29.5 Å². The molecule has 0 fully saturated rings. The zero-order valence-electron chi connectivity index (χ0n) is 29.7. The number of carbonyl (C=O) groups is 4. The standard InChI is InChI=1S/C39H43N3O9/c1-24(2)22-49-34-21-28(37(45)48-7)15-18-31(34)41-36(44)27-14-17-30(33(20-27)50-23-25-11-9-8-10-12-25)40-35(43)26-13-16-29(32(19-26)47-6)42-38(46)51-39(3,4)5/h8-21,24H,22-23H2,1-7H3,(H,40,43)(H,41,44)(H,42,46). The van der Waals surface area contributed by atoms with Gasteiger partial charge >= 0.3 is 12.1 Å². The Morgan fingerprint density at radius 3 is 1.69 bits per heavy atom. The van der Waals surface area contributed by atoms with E-state index in [9.17, 15) is 19.2 Å². The highest BCUT2D eigenvalue weighted by atomic mass is 16.6. The van der Waals surface area contributed by atoms with E-state index in [1.807, 2.05) is 44.2 Å². The van der Waals surface area contributed by atoms with Crippen molar-refractivity contribution in [3.8, 4) is 17.2 Å². The maximum Gasteiger partial charge on any atom is 0.412 e. The van der Waals surface area contributed by atoms with Crippen molar-refractivity contribution in [3.05, 3.63) is 107 Å². The summed E-state index contributed by atoms with van der Waals surface area (Å²) in [6.07, 6.45) is -0.667. The summed E-state index contributed by atoms with van der Waals surface area (Å²) in [4.78, 5) is 51.5. The lowest BCUT2D eigenvalue weighted by Gasteiger charge is -2.20. The van der Waals surface area contributed by atoms with Crippen LogP contribution in [0.25, 0.3) is 0 Å². The number of benzene rings is 4. The number of anilines is 3. The molecule has 3 amide bonds. The zero-order chi connectivity index (χ0) is 37.1. The van der Waals surface area contributed by atoms with Gasteiger partial charge in [0.25, 0.3) is 11.8 Å². The molecule has 0 unspecified atom stereocenters. The fraction of sp³-hybridized carbons (Fsp3) is 0.282. The van der Waals surface area contributed by atoms with Gasteiger partial charge in [0.15, 0.2) is 0 Å². The van der Waals surface area contributed by atoms with Crippen LogP contribution in [-0.2, 0) is 16.1 Å². The second kappa shape index (κ2) is 17.1. The van der Waals surface area contributed by atoms with E-state index < -0.39 is 29.5 Å². The van der Waals surface area contributed by atoms with Crippen LogP contribution in [0, 0.1) is 5.92 Å². The molecule has 0 heterocycles. The van der Waals surface area contributed by atoms with Crippen LogP contribution < -0.4 is 30.2 Å². The predicted octanol–water partition coefficient (Wildman–Crippen LogP) is 7.95. The highest BCUT2D eigenvalue weighted by Crippen LogP contribution is 2.32. The summed E-state index contributed by atoms with van der Waals surface area (Å²) in [5.74, 6) is -0.508. The van der Waals surface area contributed by atoms with Gasteiger partial charge in [-0.15, -0.1) is 0 Å². The van der Waals surface area contributed by atoms with Crippen LogP contribution >= 0.6 is 0 Å². The smallest absolute Gasteiger partial charge is 0.412 e. The Bertz CT molecular complexity index is 1870. The number of esters is 1. The SMILES string of the molecule is COC(=O)c1ccc(NC(=O)c2ccc(NC(=O)c3ccc(NC(=O)OC(C)(C)C)c(OC)c3)c(OCc3ccccc3)c2)c(OCC(C)C)c1. The number of nitrogens with one attached hydrogen (secondary N) is 3. The zero-order valence-corrected chi connectivity index (χ0v) is 29.7. The molecule has 0 radical (unpaired) electrons. The van der Waals surface area contributed by atoms with Gasteiger partial charge < -0.3 is 34.3 Å². The molecule has 3 N–H and O–H groups in total. The molecule has 268 valence electrons. The van der Waals surface area contributed by atoms with Gasteiger partial charge in [-0.3, -0.25) is 14.9 Å². The first-order chi connectivity index (χ1) is 24.3. The van der Waals surface area contributed by atoms with Crippen LogP contribution in [0.3, 0.4) is 0 Å².